The minimum Gasteiger partial charge on any atom is -0.378 e. The number of hydrogen-bond donors (Lipinski definition) is 1. The molecule has 1 aliphatic rings. The zero-order valence-corrected chi connectivity index (χ0v) is 14.5. The first-order chi connectivity index (χ1) is 9.30. The minimum atomic E-state index is 0.141. The molecule has 1 saturated heterocycles. The van der Waals surface area contributed by atoms with E-state index >= 15 is 0 Å². The van der Waals surface area contributed by atoms with Crippen molar-refractivity contribution in [3.63, 3.8) is 0 Å². The Labute approximate surface area is 126 Å². The van der Waals surface area contributed by atoms with Gasteiger partial charge in [0.2, 0.25) is 0 Å². The van der Waals surface area contributed by atoms with E-state index in [1.54, 1.807) is 0 Å². The van der Waals surface area contributed by atoms with Crippen LogP contribution in [0.2, 0.25) is 0 Å². The van der Waals surface area contributed by atoms with Crippen molar-refractivity contribution in [1.29, 1.82) is 0 Å². The minimum absolute atomic E-state index is 0.141. The van der Waals surface area contributed by atoms with Crippen molar-refractivity contribution in [2.45, 2.75) is 66.0 Å². The molecule has 0 spiro atoms. The lowest BCUT2D eigenvalue weighted by molar-refractivity contribution is -0.0922. The molecule has 2 N–H and O–H groups in total. The van der Waals surface area contributed by atoms with E-state index in [1.165, 1.54) is 0 Å². The normalized spacial score (nSPS) is 28.1. The van der Waals surface area contributed by atoms with Crippen LogP contribution in [0.3, 0.4) is 0 Å². The molecule has 20 heavy (non-hydrogen) atoms. The molecule has 120 valence electrons. The highest BCUT2D eigenvalue weighted by Crippen LogP contribution is 2.34. The van der Waals surface area contributed by atoms with Gasteiger partial charge in [0, 0.05) is 31.8 Å². The van der Waals surface area contributed by atoms with Gasteiger partial charge in [-0.25, -0.2) is 0 Å². The molecule has 0 radical (unpaired) electrons. The van der Waals surface area contributed by atoms with Gasteiger partial charge in [-0.15, -0.1) is 0 Å². The fourth-order valence-electron chi connectivity index (χ4n) is 3.31. The maximum absolute atomic E-state index is 6.26. The van der Waals surface area contributed by atoms with Crippen molar-refractivity contribution in [2.75, 3.05) is 26.2 Å². The molecule has 0 aromatic carbocycles. The van der Waals surface area contributed by atoms with Gasteiger partial charge in [0.1, 0.15) is 0 Å². The average molecular weight is 284 g/mol. The molecule has 1 heterocycles. The van der Waals surface area contributed by atoms with Gasteiger partial charge in [0.15, 0.2) is 0 Å². The molecule has 1 aliphatic heterocycles. The fraction of sp³-hybridized carbons (Fsp3) is 1.00. The highest BCUT2D eigenvalue weighted by atomic mass is 16.5. The topological polar surface area (TPSA) is 38.5 Å². The summed E-state index contributed by atoms with van der Waals surface area (Å²) >= 11 is 0. The van der Waals surface area contributed by atoms with Gasteiger partial charge >= 0.3 is 0 Å². The van der Waals surface area contributed by atoms with Crippen LogP contribution in [-0.2, 0) is 4.74 Å². The Morgan fingerprint density at radius 3 is 2.05 bits per heavy atom. The Morgan fingerprint density at radius 2 is 1.65 bits per heavy atom. The van der Waals surface area contributed by atoms with Crippen LogP contribution < -0.4 is 5.73 Å². The molecule has 0 aromatic rings. The number of nitrogens with two attached hydrogens (primary N) is 1. The lowest BCUT2D eigenvalue weighted by atomic mass is 9.81. The third-order valence-electron chi connectivity index (χ3n) is 4.45. The molecular formula is C17H36N2O. The van der Waals surface area contributed by atoms with E-state index in [0.717, 1.165) is 39.1 Å². The third-order valence-corrected chi connectivity index (χ3v) is 4.45. The predicted octanol–water partition coefficient (Wildman–Crippen LogP) is 3.13. The van der Waals surface area contributed by atoms with Gasteiger partial charge in [-0.2, -0.15) is 0 Å². The predicted molar refractivity (Wildman–Crippen MR) is 86.8 cm³/mol. The Morgan fingerprint density at radius 1 is 1.10 bits per heavy atom. The van der Waals surface area contributed by atoms with Gasteiger partial charge in [-0.3, -0.25) is 4.90 Å². The summed E-state index contributed by atoms with van der Waals surface area (Å²) < 4.78 is 5.97. The Balaban J connectivity index is 2.90. The molecule has 0 aliphatic carbocycles. The lowest BCUT2D eigenvalue weighted by Crippen LogP contribution is -2.60. The van der Waals surface area contributed by atoms with Crippen LogP contribution in [0.1, 0.15) is 54.4 Å². The van der Waals surface area contributed by atoms with Crippen molar-refractivity contribution in [1.82, 2.24) is 4.90 Å². The summed E-state index contributed by atoms with van der Waals surface area (Å²) in [6, 6.07) is 0. The van der Waals surface area contributed by atoms with Crippen LogP contribution in [0.25, 0.3) is 0 Å². The first-order valence-electron chi connectivity index (χ1n) is 8.37. The zero-order valence-electron chi connectivity index (χ0n) is 14.5. The third kappa shape index (κ3) is 4.71. The van der Waals surface area contributed by atoms with E-state index in [2.05, 4.69) is 46.4 Å². The van der Waals surface area contributed by atoms with E-state index in [1.807, 2.05) is 0 Å². The maximum atomic E-state index is 6.26. The van der Waals surface area contributed by atoms with Gasteiger partial charge in [0.05, 0.1) is 6.10 Å². The molecular weight excluding hydrogens is 248 g/mol. The number of ether oxygens (including phenoxy) is 1. The Kier molecular flexibility index (Phi) is 6.96. The number of hydrogen-bond acceptors (Lipinski definition) is 3. The fourth-order valence-corrected chi connectivity index (χ4v) is 3.31. The molecule has 2 atom stereocenters. The molecule has 2 unspecified atom stereocenters. The van der Waals surface area contributed by atoms with E-state index < -0.39 is 0 Å². The SMILES string of the molecule is CC(C)CN(CC(C)C)C1(CN)CCOC(C(C)C)C1. The summed E-state index contributed by atoms with van der Waals surface area (Å²) in [7, 11) is 0. The highest BCUT2D eigenvalue weighted by molar-refractivity contribution is 4.97. The second-order valence-corrected chi connectivity index (χ2v) is 7.73. The quantitative estimate of drug-likeness (QED) is 0.780. The number of nitrogens with zero attached hydrogens (tertiary/aromatic N) is 1. The van der Waals surface area contributed by atoms with Crippen molar-refractivity contribution < 1.29 is 4.74 Å². The van der Waals surface area contributed by atoms with Crippen LogP contribution in [0, 0.1) is 17.8 Å². The summed E-state index contributed by atoms with van der Waals surface area (Å²) in [5, 5.41) is 0. The van der Waals surface area contributed by atoms with E-state index in [4.69, 9.17) is 10.5 Å². The average Bonchev–Trinajstić information content (AvgIpc) is 2.36. The zero-order chi connectivity index (χ0) is 15.3. The Bertz CT molecular complexity index is 268. The summed E-state index contributed by atoms with van der Waals surface area (Å²) in [5.41, 5.74) is 6.40. The van der Waals surface area contributed by atoms with Crippen LogP contribution in [0.4, 0.5) is 0 Å². The smallest absolute Gasteiger partial charge is 0.0616 e. The summed E-state index contributed by atoms with van der Waals surface area (Å²) in [6.07, 6.45) is 2.52. The standard InChI is InChI=1S/C17H36N2O/c1-13(2)10-19(11-14(3)4)17(12-18)7-8-20-16(9-17)15(5)6/h13-16H,7-12,18H2,1-6H3. The van der Waals surface area contributed by atoms with Gasteiger partial charge < -0.3 is 10.5 Å². The van der Waals surface area contributed by atoms with Crippen LogP contribution in [0.5, 0.6) is 0 Å². The molecule has 0 amide bonds. The molecule has 1 fully saturated rings. The van der Waals surface area contributed by atoms with E-state index in [0.29, 0.717) is 23.9 Å². The van der Waals surface area contributed by atoms with Crippen LogP contribution in [0.15, 0.2) is 0 Å². The molecule has 0 aromatic heterocycles. The monoisotopic (exact) mass is 284 g/mol. The lowest BCUT2D eigenvalue weighted by Gasteiger charge is -2.50. The van der Waals surface area contributed by atoms with Crippen molar-refractivity contribution >= 4 is 0 Å². The van der Waals surface area contributed by atoms with Crippen molar-refractivity contribution in [2.24, 2.45) is 23.5 Å². The molecule has 3 heteroatoms. The Hall–Kier alpha value is -0.120. The van der Waals surface area contributed by atoms with Crippen molar-refractivity contribution in [3.05, 3.63) is 0 Å². The summed E-state index contributed by atoms with van der Waals surface area (Å²) in [6.45, 7) is 17.6. The molecule has 0 bridgehead atoms. The highest BCUT2D eigenvalue weighted by Gasteiger charge is 2.41. The van der Waals surface area contributed by atoms with Gasteiger partial charge in [-0.05, 0) is 30.6 Å². The first-order valence-corrected chi connectivity index (χ1v) is 8.37. The molecule has 1 rings (SSSR count). The largest absolute Gasteiger partial charge is 0.378 e. The molecule has 0 saturated carbocycles. The summed E-state index contributed by atoms with van der Waals surface area (Å²) in [4.78, 5) is 2.67. The van der Waals surface area contributed by atoms with Crippen LogP contribution in [-0.4, -0.2) is 42.8 Å². The van der Waals surface area contributed by atoms with E-state index in [9.17, 15) is 0 Å². The van der Waals surface area contributed by atoms with Gasteiger partial charge in [-0.1, -0.05) is 41.5 Å². The first kappa shape index (κ1) is 17.9. The van der Waals surface area contributed by atoms with E-state index in [-0.39, 0.29) is 5.54 Å². The second-order valence-electron chi connectivity index (χ2n) is 7.73. The van der Waals surface area contributed by atoms with Gasteiger partial charge in [0.25, 0.3) is 0 Å². The van der Waals surface area contributed by atoms with Crippen LogP contribution >= 0.6 is 0 Å². The van der Waals surface area contributed by atoms with Crippen molar-refractivity contribution in [3.8, 4) is 0 Å². The number of rotatable bonds is 7. The maximum Gasteiger partial charge on any atom is 0.0616 e. The molecule has 3 nitrogen and oxygen atoms in total. The summed E-state index contributed by atoms with van der Waals surface area (Å²) in [5.74, 6) is 1.93. The second kappa shape index (κ2) is 7.77.